The van der Waals surface area contributed by atoms with Gasteiger partial charge in [0.2, 0.25) is 5.95 Å². The Balaban J connectivity index is 1.37. The molecule has 2 unspecified atom stereocenters. The molecule has 11 nitrogen and oxygen atoms in total. The van der Waals surface area contributed by atoms with Gasteiger partial charge in [0.25, 0.3) is 0 Å². The molecule has 2 saturated heterocycles. The largest absolute Gasteiger partial charge is 0.507 e. The zero-order valence-electron chi connectivity index (χ0n) is 20.1. The first-order chi connectivity index (χ1) is 17.4. The second-order valence-corrected chi connectivity index (χ2v) is 10.1. The van der Waals surface area contributed by atoms with Crippen LogP contribution in [0, 0.1) is 5.92 Å². The van der Waals surface area contributed by atoms with Crippen molar-refractivity contribution in [3.63, 3.8) is 0 Å². The molecule has 196 valence electrons. The smallest absolute Gasteiger partial charge is 0.491 e. The fourth-order valence-corrected chi connectivity index (χ4v) is 5.46. The summed E-state index contributed by atoms with van der Waals surface area (Å²) in [6.07, 6.45) is 2.94. The average Bonchev–Trinajstić information content (AvgIpc) is 3.43. The van der Waals surface area contributed by atoms with Crippen LogP contribution >= 0.6 is 0 Å². The molecule has 2 aliphatic rings. The minimum Gasteiger partial charge on any atom is -0.507 e. The van der Waals surface area contributed by atoms with Gasteiger partial charge in [0.1, 0.15) is 17.2 Å². The number of carbonyl (C=O) groups excluding carboxylic acids is 1. The number of esters is 1. The summed E-state index contributed by atoms with van der Waals surface area (Å²) in [6, 6.07) is 2.28. The number of phenols is 1. The molecular weight excluding hydrogens is 493 g/mol. The van der Waals surface area contributed by atoms with E-state index >= 15 is 0 Å². The van der Waals surface area contributed by atoms with Crippen molar-refractivity contribution in [1.29, 1.82) is 0 Å². The van der Waals surface area contributed by atoms with Crippen molar-refractivity contribution >= 4 is 11.9 Å². The summed E-state index contributed by atoms with van der Waals surface area (Å²) in [7, 11) is 0. The van der Waals surface area contributed by atoms with Gasteiger partial charge in [0.05, 0.1) is 29.8 Å². The van der Waals surface area contributed by atoms with E-state index in [0.717, 1.165) is 36.5 Å². The second kappa shape index (κ2) is 8.94. The minimum atomic E-state index is -5.26. The fourth-order valence-electron chi connectivity index (χ4n) is 5.46. The van der Waals surface area contributed by atoms with E-state index in [1.807, 2.05) is 0 Å². The number of benzene rings is 1. The molecule has 14 heteroatoms. The summed E-state index contributed by atoms with van der Waals surface area (Å²) >= 11 is 0. The summed E-state index contributed by atoms with van der Waals surface area (Å²) in [4.78, 5) is 16.8. The third-order valence-corrected chi connectivity index (χ3v) is 6.83. The predicted octanol–water partition coefficient (Wildman–Crippen LogP) is 3.02. The number of fused-ring (bicyclic) bond motifs is 2. The highest BCUT2D eigenvalue weighted by molar-refractivity contribution is 5.83. The first-order valence-corrected chi connectivity index (χ1v) is 11.7. The van der Waals surface area contributed by atoms with E-state index in [1.54, 1.807) is 0 Å². The maximum Gasteiger partial charge on any atom is 0.491 e. The third-order valence-electron chi connectivity index (χ3n) is 6.83. The Labute approximate surface area is 209 Å². The Bertz CT molecular complexity index is 1280. The normalized spacial score (nSPS) is 25.2. The molecule has 5 rings (SSSR count). The molecule has 2 aliphatic heterocycles. The Morgan fingerprint density at radius 2 is 1.86 bits per heavy atom. The molecule has 4 heterocycles. The van der Waals surface area contributed by atoms with Crippen LogP contribution in [0.2, 0.25) is 0 Å². The van der Waals surface area contributed by atoms with Crippen molar-refractivity contribution < 1.29 is 27.8 Å². The Hall–Kier alpha value is -3.81. The first kappa shape index (κ1) is 24.9. The molecular formula is C23H25F3N8O3. The molecule has 0 saturated carbocycles. The molecule has 1 aromatic carbocycles. The van der Waals surface area contributed by atoms with Gasteiger partial charge in [-0.2, -0.15) is 28.2 Å². The van der Waals surface area contributed by atoms with Crippen molar-refractivity contribution in [1.82, 2.24) is 35.5 Å². The number of hydrogen-bond acceptors (Lipinski definition) is 10. The number of hydrogen-bond donors (Lipinski definition) is 3. The van der Waals surface area contributed by atoms with E-state index < -0.39 is 23.6 Å². The molecule has 37 heavy (non-hydrogen) atoms. The van der Waals surface area contributed by atoms with Crippen molar-refractivity contribution in [2.45, 2.75) is 56.8 Å². The van der Waals surface area contributed by atoms with Crippen LogP contribution in [-0.4, -0.2) is 65.0 Å². The third kappa shape index (κ3) is 5.19. The summed E-state index contributed by atoms with van der Waals surface area (Å²) in [5.41, 5.74) is -0.0818. The van der Waals surface area contributed by atoms with Gasteiger partial charge in [0.15, 0.2) is 0 Å². The molecule has 0 amide bonds. The maximum atomic E-state index is 12.9. The predicted molar refractivity (Wildman–Crippen MR) is 124 cm³/mol. The van der Waals surface area contributed by atoms with E-state index in [0.29, 0.717) is 12.5 Å². The van der Waals surface area contributed by atoms with Crippen molar-refractivity contribution in [3.05, 3.63) is 30.7 Å². The van der Waals surface area contributed by atoms with Crippen LogP contribution in [0.3, 0.4) is 0 Å². The van der Waals surface area contributed by atoms with Crippen LogP contribution in [0.15, 0.2) is 30.7 Å². The number of aromatic nitrogens is 6. The molecule has 2 aromatic heterocycles. The van der Waals surface area contributed by atoms with E-state index in [1.165, 1.54) is 24.7 Å². The Morgan fingerprint density at radius 3 is 2.46 bits per heavy atom. The van der Waals surface area contributed by atoms with Gasteiger partial charge >= 0.3 is 12.1 Å². The van der Waals surface area contributed by atoms with Crippen LogP contribution in [0.25, 0.3) is 16.9 Å². The number of halogens is 3. The molecule has 0 aliphatic carbocycles. The number of rotatable bonds is 6. The number of ether oxygens (including phenoxy) is 1. The van der Waals surface area contributed by atoms with Gasteiger partial charge in [-0.3, -0.25) is 0 Å². The number of carbonyl (C=O) groups is 1. The topological polar surface area (TPSA) is 140 Å². The molecule has 0 radical (unpaired) electrons. The number of piperidine rings is 1. The van der Waals surface area contributed by atoms with Crippen LogP contribution in [0.1, 0.15) is 39.5 Å². The summed E-state index contributed by atoms with van der Waals surface area (Å²) in [5.74, 6) is -2.95. The van der Waals surface area contributed by atoms with Crippen LogP contribution < -0.4 is 15.4 Å². The minimum absolute atomic E-state index is 0.0637. The van der Waals surface area contributed by atoms with Gasteiger partial charge in [-0.1, -0.05) is 0 Å². The molecule has 3 aromatic rings. The number of alkyl halides is 3. The van der Waals surface area contributed by atoms with Gasteiger partial charge < -0.3 is 20.5 Å². The molecule has 2 bridgehead atoms. The lowest BCUT2D eigenvalue weighted by Crippen LogP contribution is -2.54. The average molecular weight is 519 g/mol. The quantitative estimate of drug-likeness (QED) is 0.330. The van der Waals surface area contributed by atoms with E-state index in [9.17, 15) is 23.1 Å². The highest BCUT2D eigenvalue weighted by Gasteiger charge is 2.48. The summed E-state index contributed by atoms with van der Waals surface area (Å²) < 4.78 is 43.3. The number of nitrogens with one attached hydrogen (secondary N) is 2. The van der Waals surface area contributed by atoms with Gasteiger partial charge in [-0.05, 0) is 45.4 Å². The van der Waals surface area contributed by atoms with Crippen LogP contribution in [-0.2, 0) is 4.79 Å². The molecule has 0 spiro atoms. The maximum absolute atomic E-state index is 12.9. The summed E-state index contributed by atoms with van der Waals surface area (Å²) in [5, 5.41) is 33.3. The van der Waals surface area contributed by atoms with E-state index in [-0.39, 0.29) is 34.0 Å². The lowest BCUT2D eigenvalue weighted by Gasteiger charge is -2.42. The lowest BCUT2D eigenvalue weighted by molar-refractivity contribution is -0.189. The lowest BCUT2D eigenvalue weighted by atomic mass is 9.80. The zero-order chi connectivity index (χ0) is 26.4. The SMILES string of the molecule is CC12CCC(C)(CC(CNc3ncc(-c4c(O)cc(-n5nccn5)cc4OC(=O)C(F)(F)F)nn3)C1)N2. The molecule has 2 atom stereocenters. The number of aromatic hydroxyl groups is 1. The standard InChI is InChI=1S/C23H25F3N8O3/c1-21-3-4-22(2,33-21)10-13(9-21)11-27-20-28-12-15(31-32-20)18-16(35)7-14(34-29-5-6-30-34)8-17(18)37-19(36)23(24,25)26/h5-8,12-13,33,35H,3-4,9-11H2,1-2H3,(H,27,28,32). The van der Waals surface area contributed by atoms with Crippen LogP contribution in [0.4, 0.5) is 19.1 Å². The molecule has 3 N–H and O–H groups in total. The first-order valence-electron chi connectivity index (χ1n) is 11.7. The number of nitrogens with zero attached hydrogens (tertiary/aromatic N) is 6. The van der Waals surface area contributed by atoms with Crippen LogP contribution in [0.5, 0.6) is 11.5 Å². The van der Waals surface area contributed by atoms with E-state index in [2.05, 4.69) is 54.6 Å². The number of anilines is 1. The van der Waals surface area contributed by atoms with E-state index in [4.69, 9.17) is 0 Å². The van der Waals surface area contributed by atoms with Gasteiger partial charge in [0, 0.05) is 29.8 Å². The zero-order valence-corrected chi connectivity index (χ0v) is 20.1. The van der Waals surface area contributed by atoms with Gasteiger partial charge in [-0.15, -0.1) is 10.2 Å². The fraction of sp³-hybridized carbons (Fsp3) is 0.478. The van der Waals surface area contributed by atoms with Crippen molar-refractivity contribution in [3.8, 4) is 28.4 Å². The highest BCUT2D eigenvalue weighted by Crippen LogP contribution is 2.44. The van der Waals surface area contributed by atoms with Crippen molar-refractivity contribution in [2.24, 2.45) is 5.92 Å². The Kier molecular flexibility index (Phi) is 6.01. The van der Waals surface area contributed by atoms with Gasteiger partial charge in [-0.25, -0.2) is 9.78 Å². The second-order valence-electron chi connectivity index (χ2n) is 10.1. The Morgan fingerprint density at radius 1 is 1.19 bits per heavy atom. The summed E-state index contributed by atoms with van der Waals surface area (Å²) in [6.45, 7) is 5.11. The number of phenolic OH excluding ortho intramolecular Hbond substituents is 1. The highest BCUT2D eigenvalue weighted by atomic mass is 19.4. The van der Waals surface area contributed by atoms with Crippen molar-refractivity contribution in [2.75, 3.05) is 11.9 Å². The monoisotopic (exact) mass is 518 g/mol. The molecule has 2 fully saturated rings.